The minimum Gasteiger partial charge on any atom is -0.468 e. The van der Waals surface area contributed by atoms with Crippen molar-refractivity contribution in [2.75, 3.05) is 37.5 Å². The van der Waals surface area contributed by atoms with Gasteiger partial charge in [-0.05, 0) is 26.0 Å². The summed E-state index contributed by atoms with van der Waals surface area (Å²) in [7, 11) is 1.38. The average Bonchev–Trinajstić information content (AvgIpc) is 2.86. The second-order valence-electron chi connectivity index (χ2n) is 6.68. The van der Waals surface area contributed by atoms with Crippen LogP contribution in [0, 0.1) is 6.92 Å². The Morgan fingerprint density at radius 1 is 1.31 bits per heavy atom. The normalized spacial score (nSPS) is 26.3. The van der Waals surface area contributed by atoms with Crippen LogP contribution in [0.3, 0.4) is 0 Å². The number of methoxy groups -OCH3 is 1. The lowest BCUT2D eigenvalue weighted by atomic mass is 10.2. The van der Waals surface area contributed by atoms with Crippen LogP contribution < -0.4 is 9.80 Å². The molecule has 0 bridgehead atoms. The van der Waals surface area contributed by atoms with Gasteiger partial charge >= 0.3 is 12.0 Å². The Kier molecular flexibility index (Phi) is 5.52. The number of ether oxygens (including phenoxy) is 1. The quantitative estimate of drug-likeness (QED) is 0.602. The van der Waals surface area contributed by atoms with Crippen LogP contribution in [0.25, 0.3) is 0 Å². The minimum atomic E-state index is -0.528. The molecule has 2 saturated heterocycles. The van der Waals surface area contributed by atoms with E-state index in [0.717, 1.165) is 28.4 Å². The van der Waals surface area contributed by atoms with Gasteiger partial charge in [-0.15, -0.1) is 11.8 Å². The lowest BCUT2D eigenvalue weighted by Gasteiger charge is -2.30. The number of nitrogens with one attached hydrogen (secondary N) is 1. The Morgan fingerprint density at radius 3 is 2.65 bits per heavy atom. The van der Waals surface area contributed by atoms with Gasteiger partial charge in [0.1, 0.15) is 12.6 Å². The Balaban J connectivity index is 1.72. The van der Waals surface area contributed by atoms with E-state index < -0.39 is 6.04 Å². The summed E-state index contributed by atoms with van der Waals surface area (Å²) in [4.78, 5) is 41.2. The fourth-order valence-corrected chi connectivity index (χ4v) is 4.61. The van der Waals surface area contributed by atoms with E-state index in [0.29, 0.717) is 6.54 Å². The molecule has 1 aromatic rings. The molecule has 0 radical (unpaired) electrons. The number of rotatable bonds is 4. The third-order valence-electron chi connectivity index (χ3n) is 4.85. The highest BCUT2D eigenvalue weighted by atomic mass is 32.2. The van der Waals surface area contributed by atoms with Gasteiger partial charge in [-0.25, -0.2) is 9.69 Å². The maximum Gasteiger partial charge on any atom is 0.336 e. The Hall–Kier alpha value is -2.06. The lowest BCUT2D eigenvalue weighted by molar-refractivity contribution is -0.905. The molecule has 0 aliphatic carbocycles. The standard InChI is InChI=1S/C18H23N3O4S/c1-12-4-6-14(7-5-12)21-13(2)16(22)20(18(21)24)11-19-8-9-26-15(10-19)17(23)25-3/h4-7,13,15H,8-11H2,1-3H3/p+1/t13-,15-/m0/s1. The topological polar surface area (TPSA) is 71.4 Å². The zero-order valence-electron chi connectivity index (χ0n) is 15.2. The summed E-state index contributed by atoms with van der Waals surface area (Å²) in [5, 5.41) is -0.248. The molecule has 8 heteroatoms. The van der Waals surface area contributed by atoms with Crippen LogP contribution in [-0.2, 0) is 14.3 Å². The number of benzene rings is 1. The maximum absolute atomic E-state index is 12.9. The number of esters is 1. The first-order valence-corrected chi connectivity index (χ1v) is 9.71. The molecule has 140 valence electrons. The van der Waals surface area contributed by atoms with Gasteiger partial charge in [0.25, 0.3) is 5.91 Å². The number of amides is 3. The molecule has 3 rings (SSSR count). The number of nitrogens with zero attached hydrogens (tertiary/aromatic N) is 2. The van der Waals surface area contributed by atoms with Crippen molar-refractivity contribution in [2.45, 2.75) is 25.1 Å². The molecule has 0 saturated carbocycles. The molecule has 3 amide bonds. The number of urea groups is 1. The molecular formula is C18H24N3O4S+. The number of anilines is 1. The zero-order chi connectivity index (χ0) is 18.8. The molecule has 26 heavy (non-hydrogen) atoms. The largest absolute Gasteiger partial charge is 0.468 e. The first kappa shape index (κ1) is 18.7. The summed E-state index contributed by atoms with van der Waals surface area (Å²) in [6.07, 6.45) is 0. The summed E-state index contributed by atoms with van der Waals surface area (Å²) < 4.78 is 4.82. The smallest absolute Gasteiger partial charge is 0.336 e. The van der Waals surface area contributed by atoms with Crippen LogP contribution in [0.5, 0.6) is 0 Å². The predicted octanol–water partition coefficient (Wildman–Crippen LogP) is 0.283. The summed E-state index contributed by atoms with van der Waals surface area (Å²) in [5.74, 6) is 0.347. The van der Waals surface area contributed by atoms with E-state index in [-0.39, 0.29) is 29.8 Å². The van der Waals surface area contributed by atoms with Crippen molar-refractivity contribution in [3.05, 3.63) is 29.8 Å². The molecule has 1 aromatic carbocycles. The minimum absolute atomic E-state index is 0.198. The molecule has 0 aromatic heterocycles. The third kappa shape index (κ3) is 3.57. The van der Waals surface area contributed by atoms with Gasteiger partial charge in [0.2, 0.25) is 0 Å². The number of carbonyl (C=O) groups excluding carboxylic acids is 3. The number of imide groups is 1. The predicted molar refractivity (Wildman–Crippen MR) is 99.2 cm³/mol. The summed E-state index contributed by atoms with van der Waals surface area (Å²) in [6.45, 7) is 5.35. The van der Waals surface area contributed by atoms with Crippen LogP contribution >= 0.6 is 11.8 Å². The van der Waals surface area contributed by atoms with Gasteiger partial charge in [-0.1, -0.05) is 17.7 Å². The van der Waals surface area contributed by atoms with Crippen molar-refractivity contribution in [2.24, 2.45) is 0 Å². The molecule has 3 atom stereocenters. The van der Waals surface area contributed by atoms with Gasteiger partial charge in [0.15, 0.2) is 11.9 Å². The monoisotopic (exact) mass is 378 g/mol. The second kappa shape index (κ2) is 7.67. The highest BCUT2D eigenvalue weighted by molar-refractivity contribution is 8.00. The van der Waals surface area contributed by atoms with Gasteiger partial charge in [-0.3, -0.25) is 14.5 Å². The Bertz CT molecular complexity index is 709. The van der Waals surface area contributed by atoms with E-state index in [1.165, 1.54) is 16.9 Å². The van der Waals surface area contributed by atoms with Gasteiger partial charge < -0.3 is 9.64 Å². The first-order chi connectivity index (χ1) is 12.4. The molecule has 1 unspecified atom stereocenters. The second-order valence-corrected chi connectivity index (χ2v) is 7.99. The number of carbonyl (C=O) groups is 3. The summed E-state index contributed by atoms with van der Waals surface area (Å²) in [6, 6.07) is 6.75. The molecule has 2 fully saturated rings. The number of hydrogen-bond donors (Lipinski definition) is 1. The molecule has 2 aliphatic heterocycles. The van der Waals surface area contributed by atoms with Crippen LogP contribution in [-0.4, -0.2) is 66.7 Å². The zero-order valence-corrected chi connectivity index (χ0v) is 16.0. The SMILES string of the molecule is COC(=O)[C@@H]1C[NH+](CN2C(=O)[C@H](C)N(c3ccc(C)cc3)C2=O)CCS1. The first-order valence-electron chi connectivity index (χ1n) is 8.66. The van der Waals surface area contributed by atoms with E-state index in [2.05, 4.69) is 0 Å². The highest BCUT2D eigenvalue weighted by Gasteiger charge is 2.45. The summed E-state index contributed by atoms with van der Waals surface area (Å²) >= 11 is 1.56. The Labute approximate surface area is 157 Å². The fourth-order valence-electron chi connectivity index (χ4n) is 3.33. The van der Waals surface area contributed by atoms with Crippen molar-refractivity contribution in [1.82, 2.24) is 4.90 Å². The van der Waals surface area contributed by atoms with E-state index in [1.54, 1.807) is 18.7 Å². The molecule has 2 aliphatic rings. The van der Waals surface area contributed by atoms with Crippen LogP contribution in [0.15, 0.2) is 24.3 Å². The number of aryl methyl sites for hydroxylation is 1. The highest BCUT2D eigenvalue weighted by Crippen LogP contribution is 2.25. The van der Waals surface area contributed by atoms with Crippen LogP contribution in [0.2, 0.25) is 0 Å². The fraction of sp³-hybridized carbons (Fsp3) is 0.500. The van der Waals surface area contributed by atoms with Crippen molar-refractivity contribution >= 4 is 35.4 Å². The van der Waals surface area contributed by atoms with E-state index >= 15 is 0 Å². The lowest BCUT2D eigenvalue weighted by Crippen LogP contribution is -3.16. The van der Waals surface area contributed by atoms with Gasteiger partial charge in [-0.2, -0.15) is 0 Å². The van der Waals surface area contributed by atoms with Crippen molar-refractivity contribution in [3.8, 4) is 0 Å². The maximum atomic E-state index is 12.9. The van der Waals surface area contributed by atoms with E-state index in [9.17, 15) is 14.4 Å². The molecule has 7 nitrogen and oxygen atoms in total. The van der Waals surface area contributed by atoms with Crippen molar-refractivity contribution in [3.63, 3.8) is 0 Å². The molecular weight excluding hydrogens is 354 g/mol. The average molecular weight is 378 g/mol. The molecule has 0 spiro atoms. The summed E-state index contributed by atoms with van der Waals surface area (Å²) in [5.41, 5.74) is 1.82. The number of quaternary nitrogens is 1. The van der Waals surface area contributed by atoms with Crippen molar-refractivity contribution in [1.29, 1.82) is 0 Å². The number of thioether (sulfide) groups is 1. The molecule has 2 heterocycles. The number of hydrogen-bond acceptors (Lipinski definition) is 5. The van der Waals surface area contributed by atoms with E-state index in [4.69, 9.17) is 4.74 Å². The van der Waals surface area contributed by atoms with Gasteiger partial charge in [0, 0.05) is 11.4 Å². The third-order valence-corrected chi connectivity index (χ3v) is 6.06. The van der Waals surface area contributed by atoms with Crippen LogP contribution in [0.4, 0.5) is 10.5 Å². The van der Waals surface area contributed by atoms with Crippen LogP contribution in [0.1, 0.15) is 12.5 Å². The Morgan fingerprint density at radius 2 is 2.00 bits per heavy atom. The van der Waals surface area contributed by atoms with Crippen molar-refractivity contribution < 1.29 is 24.0 Å². The molecule has 1 N–H and O–H groups in total. The van der Waals surface area contributed by atoms with Gasteiger partial charge in [0.05, 0.1) is 13.7 Å². The van der Waals surface area contributed by atoms with E-state index in [1.807, 2.05) is 31.2 Å².